The van der Waals surface area contributed by atoms with Crippen molar-refractivity contribution in [3.05, 3.63) is 29.0 Å². The second-order valence-corrected chi connectivity index (χ2v) is 3.92. The van der Waals surface area contributed by atoms with Crippen molar-refractivity contribution in [3.63, 3.8) is 0 Å². The molecule has 0 saturated carbocycles. The maximum Gasteiger partial charge on any atom is 0.129 e. The van der Waals surface area contributed by atoms with Crippen LogP contribution in [0.15, 0.2) is 23.3 Å². The molecule has 1 aliphatic rings. The third-order valence-corrected chi connectivity index (χ3v) is 2.48. The van der Waals surface area contributed by atoms with Crippen molar-refractivity contribution in [2.75, 3.05) is 6.54 Å². The van der Waals surface area contributed by atoms with Crippen LogP contribution in [0, 0.1) is 0 Å². The first-order chi connectivity index (χ1) is 7.24. The van der Waals surface area contributed by atoms with E-state index < -0.39 is 0 Å². The number of rotatable bonds is 2. The number of pyridine rings is 1. The molecule has 0 bridgehead atoms. The van der Waals surface area contributed by atoms with Crippen molar-refractivity contribution in [1.29, 1.82) is 0 Å². The average Bonchev–Trinajstić information content (AvgIpc) is 2.22. The molecule has 15 heavy (non-hydrogen) atoms. The predicted molar refractivity (Wildman–Crippen MR) is 61.0 cm³/mol. The summed E-state index contributed by atoms with van der Waals surface area (Å²) in [6.07, 6.45) is 3.41. The van der Waals surface area contributed by atoms with Crippen LogP contribution in [0.5, 0.6) is 0 Å². The molecule has 0 amide bonds. The van der Waals surface area contributed by atoms with Gasteiger partial charge < -0.3 is 11.1 Å². The van der Waals surface area contributed by atoms with E-state index in [0.717, 1.165) is 30.8 Å². The number of nitrogens with one attached hydrogen (secondary N) is 1. The molecule has 0 radical (unpaired) electrons. The fourth-order valence-electron chi connectivity index (χ4n) is 1.48. The molecule has 4 nitrogen and oxygen atoms in total. The Labute approximate surface area is 93.6 Å². The lowest BCUT2D eigenvalue weighted by atomic mass is 10.1. The van der Waals surface area contributed by atoms with E-state index in [9.17, 15) is 0 Å². The smallest absolute Gasteiger partial charge is 0.129 e. The second-order valence-electron chi connectivity index (χ2n) is 3.53. The molecule has 3 N–H and O–H groups in total. The number of nitrogens with two attached hydrogens (primary N) is 1. The molecule has 1 aromatic rings. The van der Waals surface area contributed by atoms with Gasteiger partial charge in [0.15, 0.2) is 0 Å². The summed E-state index contributed by atoms with van der Waals surface area (Å²) < 4.78 is 0. The monoisotopic (exact) mass is 224 g/mol. The molecule has 80 valence electrons. The Bertz CT molecular complexity index is 360. The maximum absolute atomic E-state index is 5.77. The summed E-state index contributed by atoms with van der Waals surface area (Å²) in [6, 6.07) is 3.72. The van der Waals surface area contributed by atoms with Crippen LogP contribution < -0.4 is 11.1 Å². The number of amidine groups is 1. The molecule has 1 aromatic heterocycles. The Balaban J connectivity index is 2.02. The zero-order valence-corrected chi connectivity index (χ0v) is 9.04. The number of hydrogen-bond acceptors (Lipinski definition) is 4. The lowest BCUT2D eigenvalue weighted by molar-refractivity contribution is 0.559. The highest BCUT2D eigenvalue weighted by atomic mass is 35.5. The van der Waals surface area contributed by atoms with E-state index in [0.29, 0.717) is 5.15 Å². The van der Waals surface area contributed by atoms with Crippen LogP contribution in [-0.2, 0) is 6.42 Å². The lowest BCUT2D eigenvalue weighted by Gasteiger charge is -2.21. The molecule has 0 aromatic carbocycles. The van der Waals surface area contributed by atoms with Crippen molar-refractivity contribution in [2.45, 2.75) is 19.0 Å². The average molecular weight is 225 g/mol. The second kappa shape index (κ2) is 4.59. The predicted octanol–water partition coefficient (Wildman–Crippen LogP) is 0.954. The molecule has 2 heterocycles. The van der Waals surface area contributed by atoms with Gasteiger partial charge in [-0.05, 0) is 11.6 Å². The molecule has 2 rings (SSSR count). The number of hydrogen-bond donors (Lipinski definition) is 2. The summed E-state index contributed by atoms with van der Waals surface area (Å²) in [5.41, 5.74) is 6.86. The fraction of sp³-hybridized carbons (Fsp3) is 0.400. The van der Waals surface area contributed by atoms with Crippen LogP contribution in [0.4, 0.5) is 0 Å². The number of aliphatic imine (C=N–C) groups is 1. The van der Waals surface area contributed by atoms with Crippen LogP contribution in [0.25, 0.3) is 0 Å². The first-order valence-electron chi connectivity index (χ1n) is 4.90. The molecule has 1 atom stereocenters. The van der Waals surface area contributed by atoms with Gasteiger partial charge in [-0.3, -0.25) is 4.99 Å². The van der Waals surface area contributed by atoms with Crippen LogP contribution in [0.2, 0.25) is 5.15 Å². The molecule has 0 saturated heterocycles. The van der Waals surface area contributed by atoms with Gasteiger partial charge >= 0.3 is 0 Å². The molecule has 1 aliphatic heterocycles. The highest BCUT2D eigenvalue weighted by Gasteiger charge is 2.11. The van der Waals surface area contributed by atoms with E-state index in [1.807, 2.05) is 6.07 Å². The first kappa shape index (κ1) is 10.4. The third-order valence-electron chi connectivity index (χ3n) is 2.25. The number of aromatic nitrogens is 1. The topological polar surface area (TPSA) is 63.3 Å². The molecular formula is C10H13ClN4. The highest BCUT2D eigenvalue weighted by Crippen LogP contribution is 2.07. The standard InChI is InChI=1S/C10H13ClN4/c11-8-2-1-7(6-14-8)5-10-13-4-3-9(12)15-10/h1-2,6,9H,3-5,12H2,(H,13,15). The van der Waals surface area contributed by atoms with Gasteiger partial charge in [-0.25, -0.2) is 4.98 Å². The van der Waals surface area contributed by atoms with Crippen LogP contribution in [-0.4, -0.2) is 23.5 Å². The quantitative estimate of drug-likeness (QED) is 0.736. The Morgan fingerprint density at radius 3 is 3.07 bits per heavy atom. The van der Waals surface area contributed by atoms with Crippen LogP contribution in [0.3, 0.4) is 0 Å². The van der Waals surface area contributed by atoms with E-state index >= 15 is 0 Å². The molecule has 0 fully saturated rings. The van der Waals surface area contributed by atoms with Gasteiger partial charge in [0, 0.05) is 25.6 Å². The van der Waals surface area contributed by atoms with Gasteiger partial charge in [0.05, 0.1) is 6.17 Å². The molecule has 1 unspecified atom stereocenters. The van der Waals surface area contributed by atoms with E-state index in [4.69, 9.17) is 17.3 Å². The number of halogens is 1. The van der Waals surface area contributed by atoms with E-state index in [1.54, 1.807) is 12.3 Å². The normalized spacial score (nSPS) is 20.7. The Hall–Kier alpha value is -1.13. The zero-order valence-electron chi connectivity index (χ0n) is 8.28. The van der Waals surface area contributed by atoms with Crippen molar-refractivity contribution in [3.8, 4) is 0 Å². The van der Waals surface area contributed by atoms with Gasteiger partial charge in [0.1, 0.15) is 11.0 Å². The molecule has 0 aliphatic carbocycles. The Morgan fingerprint density at radius 1 is 1.53 bits per heavy atom. The van der Waals surface area contributed by atoms with Crippen molar-refractivity contribution in [1.82, 2.24) is 10.3 Å². The van der Waals surface area contributed by atoms with Gasteiger partial charge in [0.2, 0.25) is 0 Å². The molecule has 0 spiro atoms. The van der Waals surface area contributed by atoms with Crippen molar-refractivity contribution in [2.24, 2.45) is 10.7 Å². The highest BCUT2D eigenvalue weighted by molar-refractivity contribution is 6.29. The minimum atomic E-state index is 0.0257. The summed E-state index contributed by atoms with van der Waals surface area (Å²) in [6.45, 7) is 0.796. The van der Waals surface area contributed by atoms with Gasteiger partial charge in [0.25, 0.3) is 0 Å². The van der Waals surface area contributed by atoms with Gasteiger partial charge in [-0.15, -0.1) is 0 Å². The maximum atomic E-state index is 5.77. The van der Waals surface area contributed by atoms with Gasteiger partial charge in [-0.1, -0.05) is 17.7 Å². The van der Waals surface area contributed by atoms with E-state index in [2.05, 4.69) is 15.3 Å². The Kier molecular flexibility index (Phi) is 3.18. The lowest BCUT2D eigenvalue weighted by Crippen LogP contribution is -2.45. The van der Waals surface area contributed by atoms with Gasteiger partial charge in [-0.2, -0.15) is 0 Å². The van der Waals surface area contributed by atoms with Crippen molar-refractivity contribution >= 4 is 17.4 Å². The largest absolute Gasteiger partial charge is 0.358 e. The minimum absolute atomic E-state index is 0.0257. The van der Waals surface area contributed by atoms with E-state index in [-0.39, 0.29) is 6.17 Å². The molecular weight excluding hydrogens is 212 g/mol. The summed E-state index contributed by atoms with van der Waals surface area (Å²) in [4.78, 5) is 8.38. The SMILES string of the molecule is NC1CCN=C(Cc2ccc(Cl)nc2)N1. The summed E-state index contributed by atoms with van der Waals surface area (Å²) in [7, 11) is 0. The summed E-state index contributed by atoms with van der Waals surface area (Å²) >= 11 is 5.70. The summed E-state index contributed by atoms with van der Waals surface area (Å²) in [5, 5.41) is 3.65. The fourth-order valence-corrected chi connectivity index (χ4v) is 1.59. The summed E-state index contributed by atoms with van der Waals surface area (Å²) in [5.74, 6) is 0.929. The Morgan fingerprint density at radius 2 is 2.40 bits per heavy atom. The third kappa shape index (κ3) is 2.91. The van der Waals surface area contributed by atoms with Crippen molar-refractivity contribution < 1.29 is 0 Å². The molecule has 5 heteroatoms. The van der Waals surface area contributed by atoms with Crippen LogP contribution >= 0.6 is 11.6 Å². The van der Waals surface area contributed by atoms with E-state index in [1.165, 1.54) is 0 Å². The van der Waals surface area contributed by atoms with Crippen LogP contribution in [0.1, 0.15) is 12.0 Å². The minimum Gasteiger partial charge on any atom is -0.358 e. The number of nitrogens with zero attached hydrogens (tertiary/aromatic N) is 2. The zero-order chi connectivity index (χ0) is 10.7. The first-order valence-corrected chi connectivity index (χ1v) is 5.28.